The standard InChI is InChI=1S/C23H30F3N7O/c1-7-18(33-19-10-8-9-16(19)21(30-33)23(24,25)26)22(34)27-20-13(3)29-32(15(20)5)11-17-12(2)28-31(6)14(17)4/h18H,7-11H2,1-6H3,(H,27,34)/t18-/m0/s1. The molecule has 11 heteroatoms. The van der Waals surface area contributed by atoms with Gasteiger partial charge < -0.3 is 5.32 Å². The van der Waals surface area contributed by atoms with E-state index in [-0.39, 0.29) is 5.56 Å². The van der Waals surface area contributed by atoms with Gasteiger partial charge in [-0.05, 0) is 53.4 Å². The second-order valence-electron chi connectivity index (χ2n) is 8.96. The molecule has 0 unspecified atom stereocenters. The number of carbonyl (C=O) groups is 1. The molecule has 1 N–H and O–H groups in total. The maximum absolute atomic E-state index is 13.5. The van der Waals surface area contributed by atoms with Crippen molar-refractivity contribution in [1.82, 2.24) is 29.3 Å². The first-order chi connectivity index (χ1) is 15.9. The third-order valence-electron chi connectivity index (χ3n) is 6.81. The smallest absolute Gasteiger partial charge is 0.321 e. The monoisotopic (exact) mass is 477 g/mol. The van der Waals surface area contributed by atoms with Crippen LogP contribution in [0.15, 0.2) is 0 Å². The Morgan fingerprint density at radius 1 is 1.06 bits per heavy atom. The van der Waals surface area contributed by atoms with Gasteiger partial charge in [-0.15, -0.1) is 0 Å². The Balaban J connectivity index is 1.62. The van der Waals surface area contributed by atoms with Gasteiger partial charge in [0, 0.05) is 29.6 Å². The summed E-state index contributed by atoms with van der Waals surface area (Å²) in [7, 11) is 1.89. The number of carbonyl (C=O) groups excluding carboxylic acids is 1. The van der Waals surface area contributed by atoms with Crippen molar-refractivity contribution < 1.29 is 18.0 Å². The van der Waals surface area contributed by atoms with E-state index in [1.54, 1.807) is 13.8 Å². The fourth-order valence-corrected chi connectivity index (χ4v) is 4.85. The second kappa shape index (κ2) is 8.59. The lowest BCUT2D eigenvalue weighted by molar-refractivity contribution is -0.142. The molecule has 3 aromatic heterocycles. The largest absolute Gasteiger partial charge is 0.435 e. The van der Waals surface area contributed by atoms with Crippen LogP contribution in [0.3, 0.4) is 0 Å². The van der Waals surface area contributed by atoms with Crippen LogP contribution in [0, 0.1) is 27.7 Å². The van der Waals surface area contributed by atoms with Crippen molar-refractivity contribution in [2.24, 2.45) is 7.05 Å². The van der Waals surface area contributed by atoms with Gasteiger partial charge in [0.1, 0.15) is 6.04 Å². The van der Waals surface area contributed by atoms with Gasteiger partial charge in [0.15, 0.2) is 5.69 Å². The van der Waals surface area contributed by atoms with E-state index in [4.69, 9.17) is 0 Å². The normalized spacial score (nSPS) is 14.5. The summed E-state index contributed by atoms with van der Waals surface area (Å²) >= 11 is 0. The van der Waals surface area contributed by atoms with Crippen molar-refractivity contribution in [3.63, 3.8) is 0 Å². The molecule has 0 aliphatic heterocycles. The SMILES string of the molecule is CC[C@@H](C(=O)Nc1c(C)nn(Cc2c(C)nn(C)c2C)c1C)n1nc(C(F)(F)F)c2c1CCC2. The molecule has 3 heterocycles. The quantitative estimate of drug-likeness (QED) is 0.577. The predicted octanol–water partition coefficient (Wildman–Crippen LogP) is 4.19. The molecule has 3 aromatic rings. The molecule has 0 saturated heterocycles. The van der Waals surface area contributed by atoms with Crippen LogP contribution in [0.2, 0.25) is 0 Å². The van der Waals surface area contributed by atoms with Gasteiger partial charge in [0.25, 0.3) is 0 Å². The lowest BCUT2D eigenvalue weighted by Crippen LogP contribution is -2.28. The van der Waals surface area contributed by atoms with Gasteiger partial charge in [0.2, 0.25) is 5.91 Å². The maximum atomic E-state index is 13.5. The van der Waals surface area contributed by atoms with Crippen molar-refractivity contribution in [3.8, 4) is 0 Å². The number of aryl methyl sites for hydroxylation is 3. The van der Waals surface area contributed by atoms with Gasteiger partial charge >= 0.3 is 6.18 Å². The van der Waals surface area contributed by atoms with Crippen LogP contribution >= 0.6 is 0 Å². The minimum Gasteiger partial charge on any atom is -0.321 e. The Morgan fingerprint density at radius 2 is 1.76 bits per heavy atom. The van der Waals surface area contributed by atoms with E-state index in [9.17, 15) is 18.0 Å². The van der Waals surface area contributed by atoms with E-state index in [1.165, 1.54) is 4.68 Å². The number of anilines is 1. The Labute approximate surface area is 196 Å². The highest BCUT2D eigenvalue weighted by Gasteiger charge is 2.41. The van der Waals surface area contributed by atoms with E-state index in [0.29, 0.717) is 49.3 Å². The third-order valence-corrected chi connectivity index (χ3v) is 6.81. The molecule has 1 aliphatic carbocycles. The Hall–Kier alpha value is -3.11. The Morgan fingerprint density at radius 3 is 2.35 bits per heavy atom. The van der Waals surface area contributed by atoms with E-state index in [0.717, 1.165) is 22.6 Å². The van der Waals surface area contributed by atoms with Gasteiger partial charge in [-0.1, -0.05) is 6.92 Å². The molecule has 184 valence electrons. The number of rotatable bonds is 6. The third kappa shape index (κ3) is 4.01. The lowest BCUT2D eigenvalue weighted by Gasteiger charge is -2.18. The number of amides is 1. The first kappa shape index (κ1) is 24.0. The van der Waals surface area contributed by atoms with Crippen molar-refractivity contribution in [1.29, 1.82) is 0 Å². The molecule has 1 amide bonds. The first-order valence-electron chi connectivity index (χ1n) is 11.4. The summed E-state index contributed by atoms with van der Waals surface area (Å²) in [4.78, 5) is 13.3. The van der Waals surface area contributed by atoms with Crippen molar-refractivity contribution in [2.45, 2.75) is 79.1 Å². The highest BCUT2D eigenvalue weighted by Crippen LogP contribution is 2.38. The highest BCUT2D eigenvalue weighted by molar-refractivity contribution is 5.94. The van der Waals surface area contributed by atoms with E-state index >= 15 is 0 Å². The minimum atomic E-state index is -4.54. The highest BCUT2D eigenvalue weighted by atomic mass is 19.4. The minimum absolute atomic E-state index is 0.223. The lowest BCUT2D eigenvalue weighted by atomic mass is 10.1. The number of alkyl halides is 3. The van der Waals surface area contributed by atoms with Crippen LogP contribution < -0.4 is 5.32 Å². The summed E-state index contributed by atoms with van der Waals surface area (Å²) in [6.45, 7) is 9.89. The summed E-state index contributed by atoms with van der Waals surface area (Å²) in [6, 6.07) is -0.840. The summed E-state index contributed by atoms with van der Waals surface area (Å²) in [6.07, 6.45) is -2.77. The second-order valence-corrected chi connectivity index (χ2v) is 8.96. The molecule has 0 bridgehead atoms. The van der Waals surface area contributed by atoms with E-state index in [2.05, 4.69) is 20.6 Å². The van der Waals surface area contributed by atoms with Gasteiger partial charge in [-0.2, -0.15) is 28.5 Å². The summed E-state index contributed by atoms with van der Waals surface area (Å²) < 4.78 is 45.5. The van der Waals surface area contributed by atoms with Gasteiger partial charge in [-0.25, -0.2) is 0 Å². The van der Waals surface area contributed by atoms with Crippen LogP contribution in [0.1, 0.15) is 71.1 Å². The molecule has 1 atom stereocenters. The summed E-state index contributed by atoms with van der Waals surface area (Å²) in [5.41, 5.74) is 4.86. The number of nitrogens with zero attached hydrogens (tertiary/aromatic N) is 6. The number of hydrogen-bond donors (Lipinski definition) is 1. The molecular formula is C23H30F3N7O. The fourth-order valence-electron chi connectivity index (χ4n) is 4.85. The first-order valence-corrected chi connectivity index (χ1v) is 11.4. The van der Waals surface area contributed by atoms with Crippen molar-refractivity contribution in [3.05, 3.63) is 45.3 Å². The van der Waals surface area contributed by atoms with Crippen molar-refractivity contribution >= 4 is 11.6 Å². The Bertz CT molecular complexity index is 1250. The Kier molecular flexibility index (Phi) is 6.07. The van der Waals surface area contributed by atoms with Crippen LogP contribution in [-0.2, 0) is 37.4 Å². The predicted molar refractivity (Wildman–Crippen MR) is 121 cm³/mol. The molecule has 34 heavy (non-hydrogen) atoms. The summed E-state index contributed by atoms with van der Waals surface area (Å²) in [5.74, 6) is -0.395. The molecule has 0 fully saturated rings. The van der Waals surface area contributed by atoms with Crippen molar-refractivity contribution in [2.75, 3.05) is 5.32 Å². The van der Waals surface area contributed by atoms with Gasteiger partial charge in [-0.3, -0.25) is 18.8 Å². The van der Waals surface area contributed by atoms with Crippen LogP contribution in [-0.4, -0.2) is 35.2 Å². The molecular weight excluding hydrogens is 447 g/mol. The van der Waals surface area contributed by atoms with E-state index < -0.39 is 23.8 Å². The molecule has 0 spiro atoms. The van der Waals surface area contributed by atoms with Crippen LogP contribution in [0.5, 0.6) is 0 Å². The zero-order chi connectivity index (χ0) is 24.9. The topological polar surface area (TPSA) is 82.6 Å². The van der Waals surface area contributed by atoms with Crippen LogP contribution in [0.4, 0.5) is 18.9 Å². The number of hydrogen-bond acceptors (Lipinski definition) is 4. The molecule has 1 aliphatic rings. The molecule has 0 saturated carbocycles. The zero-order valence-corrected chi connectivity index (χ0v) is 20.3. The number of halogens is 3. The summed E-state index contributed by atoms with van der Waals surface area (Å²) in [5, 5.41) is 15.8. The number of fused-ring (bicyclic) bond motifs is 1. The maximum Gasteiger partial charge on any atom is 0.435 e. The molecule has 8 nitrogen and oxygen atoms in total. The average molecular weight is 478 g/mol. The number of aromatic nitrogens is 6. The molecule has 0 aromatic carbocycles. The zero-order valence-electron chi connectivity index (χ0n) is 20.3. The van der Waals surface area contributed by atoms with Crippen LogP contribution in [0.25, 0.3) is 0 Å². The average Bonchev–Trinajstić information content (AvgIpc) is 3.47. The van der Waals surface area contributed by atoms with Gasteiger partial charge in [0.05, 0.1) is 29.3 Å². The molecule has 0 radical (unpaired) electrons. The fraction of sp³-hybridized carbons (Fsp3) is 0.565. The molecule has 4 rings (SSSR count). The number of nitrogens with one attached hydrogen (secondary N) is 1. The van der Waals surface area contributed by atoms with E-state index in [1.807, 2.05) is 37.2 Å².